The van der Waals surface area contributed by atoms with Crippen molar-refractivity contribution < 1.29 is 9.59 Å². The molecule has 6 heteroatoms. The van der Waals surface area contributed by atoms with Gasteiger partial charge in [0.2, 0.25) is 5.91 Å². The van der Waals surface area contributed by atoms with Crippen molar-refractivity contribution in [3.8, 4) is 11.8 Å². The predicted molar refractivity (Wildman–Crippen MR) is 132 cm³/mol. The van der Waals surface area contributed by atoms with Crippen molar-refractivity contribution in [2.45, 2.75) is 46.1 Å². The lowest BCUT2D eigenvalue weighted by atomic mass is 10.2. The number of nitrogens with zero attached hydrogens (tertiary/aromatic N) is 4. The van der Waals surface area contributed by atoms with E-state index in [1.807, 2.05) is 41.3 Å². The summed E-state index contributed by atoms with van der Waals surface area (Å²) in [5, 5.41) is 0. The van der Waals surface area contributed by atoms with Crippen molar-refractivity contribution in [1.29, 1.82) is 0 Å². The third-order valence-electron chi connectivity index (χ3n) is 5.90. The number of aromatic nitrogens is 1. The van der Waals surface area contributed by atoms with Gasteiger partial charge >= 0.3 is 0 Å². The SMILES string of the molecule is CCCCC(=O)N(CC#Cc1ccc(C(=O)N2CCN(C(C)C)CC2)nc1)c1ccccc1. The van der Waals surface area contributed by atoms with Crippen LogP contribution in [0.4, 0.5) is 5.69 Å². The Morgan fingerprint density at radius 1 is 1.06 bits per heavy atom. The number of carbonyl (C=O) groups is 2. The number of benzene rings is 1. The van der Waals surface area contributed by atoms with Gasteiger partial charge in [0.1, 0.15) is 5.69 Å². The van der Waals surface area contributed by atoms with Gasteiger partial charge in [-0.3, -0.25) is 14.5 Å². The minimum absolute atomic E-state index is 0.0327. The number of unbranched alkanes of at least 4 members (excludes halogenated alkanes) is 1. The van der Waals surface area contributed by atoms with E-state index in [0.29, 0.717) is 24.7 Å². The van der Waals surface area contributed by atoms with Crippen molar-refractivity contribution in [2.75, 3.05) is 37.6 Å². The molecular weight excluding hydrogens is 412 g/mol. The average molecular weight is 447 g/mol. The molecule has 1 aliphatic rings. The second-order valence-electron chi connectivity index (χ2n) is 8.57. The zero-order chi connectivity index (χ0) is 23.6. The second kappa shape index (κ2) is 12.2. The molecule has 174 valence electrons. The minimum Gasteiger partial charge on any atom is -0.335 e. The molecule has 1 fully saturated rings. The summed E-state index contributed by atoms with van der Waals surface area (Å²) < 4.78 is 0. The molecule has 3 rings (SSSR count). The summed E-state index contributed by atoms with van der Waals surface area (Å²) in [6.07, 6.45) is 3.99. The number of pyridine rings is 1. The molecule has 1 aromatic carbocycles. The van der Waals surface area contributed by atoms with Crippen molar-refractivity contribution in [3.05, 3.63) is 59.9 Å². The lowest BCUT2D eigenvalue weighted by Gasteiger charge is -2.36. The third-order valence-corrected chi connectivity index (χ3v) is 5.90. The largest absolute Gasteiger partial charge is 0.335 e. The van der Waals surface area contributed by atoms with E-state index in [2.05, 4.69) is 42.5 Å². The van der Waals surface area contributed by atoms with E-state index in [0.717, 1.165) is 50.3 Å². The Balaban J connectivity index is 1.62. The van der Waals surface area contributed by atoms with Gasteiger partial charge in [-0.15, -0.1) is 0 Å². The van der Waals surface area contributed by atoms with Crippen molar-refractivity contribution >= 4 is 17.5 Å². The van der Waals surface area contributed by atoms with Gasteiger partial charge in [-0.25, -0.2) is 4.98 Å². The number of carbonyl (C=O) groups excluding carboxylic acids is 2. The molecule has 1 aromatic heterocycles. The maximum Gasteiger partial charge on any atom is 0.272 e. The van der Waals surface area contributed by atoms with E-state index in [9.17, 15) is 9.59 Å². The van der Waals surface area contributed by atoms with E-state index in [4.69, 9.17) is 0 Å². The summed E-state index contributed by atoms with van der Waals surface area (Å²) in [6, 6.07) is 13.7. The van der Waals surface area contributed by atoms with Gasteiger partial charge in [-0.2, -0.15) is 0 Å². The third kappa shape index (κ3) is 6.90. The molecule has 6 nitrogen and oxygen atoms in total. The summed E-state index contributed by atoms with van der Waals surface area (Å²) in [7, 11) is 0. The number of amides is 2. The summed E-state index contributed by atoms with van der Waals surface area (Å²) in [5.74, 6) is 6.23. The monoisotopic (exact) mass is 446 g/mol. The molecule has 2 heterocycles. The number of para-hydroxylation sites is 1. The van der Waals surface area contributed by atoms with Crippen LogP contribution in [0.2, 0.25) is 0 Å². The predicted octanol–water partition coefficient (Wildman–Crippen LogP) is 3.82. The van der Waals surface area contributed by atoms with Gasteiger partial charge in [0.15, 0.2) is 0 Å². The van der Waals surface area contributed by atoms with Crippen LogP contribution in [-0.2, 0) is 4.79 Å². The van der Waals surface area contributed by atoms with Gasteiger partial charge in [0.25, 0.3) is 5.91 Å². The first-order valence-corrected chi connectivity index (χ1v) is 11.8. The number of hydrogen-bond acceptors (Lipinski definition) is 4. The average Bonchev–Trinajstić information content (AvgIpc) is 2.85. The zero-order valence-electron chi connectivity index (χ0n) is 20.0. The van der Waals surface area contributed by atoms with E-state index in [1.54, 1.807) is 17.2 Å². The summed E-state index contributed by atoms with van der Waals surface area (Å²) in [6.45, 7) is 9.98. The highest BCUT2D eigenvalue weighted by Gasteiger charge is 2.23. The highest BCUT2D eigenvalue weighted by molar-refractivity contribution is 5.94. The lowest BCUT2D eigenvalue weighted by molar-refractivity contribution is -0.118. The first kappa shape index (κ1) is 24.5. The van der Waals surface area contributed by atoms with Crippen LogP contribution in [0.15, 0.2) is 48.7 Å². The van der Waals surface area contributed by atoms with E-state index in [1.165, 1.54) is 0 Å². The van der Waals surface area contributed by atoms with Gasteiger partial charge < -0.3 is 9.80 Å². The van der Waals surface area contributed by atoms with E-state index >= 15 is 0 Å². The van der Waals surface area contributed by atoms with Crippen molar-refractivity contribution in [1.82, 2.24) is 14.8 Å². The lowest BCUT2D eigenvalue weighted by Crippen LogP contribution is -2.50. The molecule has 1 saturated heterocycles. The maximum absolute atomic E-state index is 12.8. The molecule has 1 aliphatic heterocycles. The topological polar surface area (TPSA) is 56.8 Å². The molecule has 0 saturated carbocycles. The second-order valence-corrected chi connectivity index (χ2v) is 8.57. The summed E-state index contributed by atoms with van der Waals surface area (Å²) in [4.78, 5) is 35.8. The van der Waals surface area contributed by atoms with Gasteiger partial charge in [0.05, 0.1) is 6.54 Å². The normalized spacial score (nSPS) is 14.0. The smallest absolute Gasteiger partial charge is 0.272 e. The van der Waals surface area contributed by atoms with Crippen LogP contribution in [0.3, 0.4) is 0 Å². The summed E-state index contributed by atoms with van der Waals surface area (Å²) in [5.41, 5.74) is 2.02. The molecule has 0 radical (unpaired) electrons. The van der Waals surface area contributed by atoms with E-state index in [-0.39, 0.29) is 11.8 Å². The van der Waals surface area contributed by atoms with Gasteiger partial charge in [-0.1, -0.05) is 43.4 Å². The molecule has 0 bridgehead atoms. The number of rotatable bonds is 7. The highest BCUT2D eigenvalue weighted by Crippen LogP contribution is 2.15. The molecule has 0 spiro atoms. The molecule has 0 aliphatic carbocycles. The number of hydrogen-bond donors (Lipinski definition) is 0. The van der Waals surface area contributed by atoms with Crippen LogP contribution in [0.5, 0.6) is 0 Å². The number of anilines is 1. The Hall–Kier alpha value is -3.17. The van der Waals surface area contributed by atoms with Crippen molar-refractivity contribution in [3.63, 3.8) is 0 Å². The highest BCUT2D eigenvalue weighted by atomic mass is 16.2. The number of piperazine rings is 1. The van der Waals surface area contributed by atoms with Crippen LogP contribution in [-0.4, -0.2) is 65.4 Å². The van der Waals surface area contributed by atoms with E-state index < -0.39 is 0 Å². The van der Waals surface area contributed by atoms with Gasteiger partial charge in [-0.05, 0) is 44.5 Å². The fourth-order valence-electron chi connectivity index (χ4n) is 3.81. The first-order valence-electron chi connectivity index (χ1n) is 11.8. The molecule has 0 N–H and O–H groups in total. The van der Waals surface area contributed by atoms with Gasteiger partial charge in [0, 0.05) is 56.1 Å². The fourth-order valence-corrected chi connectivity index (χ4v) is 3.81. The Labute approximate surface area is 197 Å². The Bertz CT molecular complexity index is 969. The summed E-state index contributed by atoms with van der Waals surface area (Å²) >= 11 is 0. The Kier molecular flexibility index (Phi) is 9.03. The molecule has 2 aromatic rings. The van der Waals surface area contributed by atoms with Crippen LogP contribution < -0.4 is 4.90 Å². The standard InChI is InChI=1S/C27H34N4O2/c1-4-5-13-26(32)31(24-11-7-6-8-12-24)16-9-10-23-14-15-25(28-21-23)27(33)30-19-17-29(18-20-30)22(2)3/h6-8,11-12,14-15,21-22H,4-5,13,16-20H2,1-3H3. The zero-order valence-corrected chi connectivity index (χ0v) is 20.0. The van der Waals surface area contributed by atoms with Crippen LogP contribution in [0.1, 0.15) is 56.1 Å². The molecule has 2 amide bonds. The van der Waals surface area contributed by atoms with Crippen molar-refractivity contribution in [2.24, 2.45) is 0 Å². The van der Waals surface area contributed by atoms with Crippen LogP contribution in [0, 0.1) is 11.8 Å². The first-order chi connectivity index (χ1) is 16.0. The van der Waals surface area contributed by atoms with Crippen LogP contribution >= 0.6 is 0 Å². The minimum atomic E-state index is -0.0327. The Morgan fingerprint density at radius 2 is 1.79 bits per heavy atom. The molecular formula is C27H34N4O2. The molecule has 0 atom stereocenters. The molecule has 33 heavy (non-hydrogen) atoms. The Morgan fingerprint density at radius 3 is 2.39 bits per heavy atom. The quantitative estimate of drug-likeness (QED) is 0.607. The maximum atomic E-state index is 12.8. The fraction of sp³-hybridized carbons (Fsp3) is 0.444. The molecule has 0 unspecified atom stereocenters. The van der Waals surface area contributed by atoms with Crippen LogP contribution in [0.25, 0.3) is 0 Å².